The van der Waals surface area contributed by atoms with Crippen molar-refractivity contribution in [3.05, 3.63) is 267 Å². The van der Waals surface area contributed by atoms with Crippen LogP contribution in [0.5, 0.6) is 0 Å². The van der Waals surface area contributed by atoms with Crippen LogP contribution in [0, 0.1) is 0 Å². The van der Waals surface area contributed by atoms with E-state index in [9.17, 15) is 0 Å². The second kappa shape index (κ2) is 16.5. The van der Waals surface area contributed by atoms with Gasteiger partial charge in [0.1, 0.15) is 0 Å². The second-order valence-corrected chi connectivity index (χ2v) is 17.6. The van der Waals surface area contributed by atoms with Crippen molar-refractivity contribution < 1.29 is 0 Å². The number of anilines is 3. The number of hydrogen-bond acceptors (Lipinski definition) is 1. The van der Waals surface area contributed by atoms with Crippen LogP contribution in [-0.4, -0.2) is 4.57 Å². The fourth-order valence-corrected chi connectivity index (χ4v) is 10.7. The number of fused-ring (bicyclic) bond motifs is 9. The van der Waals surface area contributed by atoms with Crippen molar-refractivity contribution in [2.75, 3.05) is 4.90 Å². The molecule has 1 heterocycles. The van der Waals surface area contributed by atoms with Crippen LogP contribution >= 0.6 is 0 Å². The first-order valence-corrected chi connectivity index (χ1v) is 23.4. The average Bonchev–Trinajstić information content (AvgIpc) is 3.76. The van der Waals surface area contributed by atoms with E-state index in [2.05, 4.69) is 276 Å². The summed E-state index contributed by atoms with van der Waals surface area (Å²) in [7, 11) is 0. The highest BCUT2D eigenvalue weighted by atomic mass is 15.1. The summed E-state index contributed by atoms with van der Waals surface area (Å²) in [4.78, 5) is 2.47. The van der Waals surface area contributed by atoms with Gasteiger partial charge in [0.05, 0.1) is 28.1 Å². The molecule has 13 rings (SSSR count). The Morgan fingerprint density at radius 1 is 0.235 bits per heavy atom. The average molecular weight is 865 g/mol. The summed E-state index contributed by atoms with van der Waals surface area (Å²) in [6, 6.07) is 97.6. The molecule has 0 unspecified atom stereocenters. The molecule has 2 nitrogen and oxygen atoms in total. The van der Waals surface area contributed by atoms with Gasteiger partial charge < -0.3 is 9.47 Å². The molecule has 2 heteroatoms. The van der Waals surface area contributed by atoms with Gasteiger partial charge in [0.25, 0.3) is 0 Å². The van der Waals surface area contributed by atoms with Crippen LogP contribution in [0.3, 0.4) is 0 Å². The second-order valence-electron chi connectivity index (χ2n) is 17.6. The first-order valence-electron chi connectivity index (χ1n) is 23.4. The van der Waals surface area contributed by atoms with Gasteiger partial charge in [-0.25, -0.2) is 0 Å². The molecule has 0 saturated carbocycles. The molecule has 318 valence electrons. The lowest BCUT2D eigenvalue weighted by Gasteiger charge is -2.31. The van der Waals surface area contributed by atoms with E-state index in [1.165, 1.54) is 70.8 Å². The Bertz CT molecular complexity index is 3930. The Morgan fingerprint density at radius 2 is 0.662 bits per heavy atom. The zero-order valence-electron chi connectivity index (χ0n) is 37.3. The van der Waals surface area contributed by atoms with E-state index in [0.717, 1.165) is 50.6 Å². The van der Waals surface area contributed by atoms with E-state index in [1.54, 1.807) is 0 Å². The van der Waals surface area contributed by atoms with E-state index in [0.29, 0.717) is 0 Å². The maximum absolute atomic E-state index is 2.47. The lowest BCUT2D eigenvalue weighted by Crippen LogP contribution is -2.13. The third kappa shape index (κ3) is 6.57. The molecule has 0 saturated heterocycles. The quantitative estimate of drug-likeness (QED) is 0.138. The smallest absolute Gasteiger partial charge is 0.0541 e. The summed E-state index contributed by atoms with van der Waals surface area (Å²) >= 11 is 0. The van der Waals surface area contributed by atoms with Crippen molar-refractivity contribution in [3.8, 4) is 50.2 Å². The number of hydrogen-bond donors (Lipinski definition) is 0. The van der Waals surface area contributed by atoms with Crippen molar-refractivity contribution in [1.29, 1.82) is 0 Å². The van der Waals surface area contributed by atoms with Crippen LogP contribution in [0.1, 0.15) is 0 Å². The third-order valence-electron chi connectivity index (χ3n) is 13.8. The summed E-state index contributed by atoms with van der Waals surface area (Å²) in [5.41, 5.74) is 16.0. The van der Waals surface area contributed by atoms with Gasteiger partial charge in [-0.2, -0.15) is 0 Å². The number of benzene rings is 12. The van der Waals surface area contributed by atoms with Crippen LogP contribution in [-0.2, 0) is 0 Å². The molecular formula is C66H44N2. The molecule has 0 atom stereocenters. The minimum Gasteiger partial charge on any atom is -0.309 e. The van der Waals surface area contributed by atoms with Crippen molar-refractivity contribution in [3.63, 3.8) is 0 Å². The summed E-state index contributed by atoms with van der Waals surface area (Å²) in [5.74, 6) is 0. The van der Waals surface area contributed by atoms with Crippen LogP contribution in [0.2, 0.25) is 0 Å². The van der Waals surface area contributed by atoms with Crippen LogP contribution in [0.25, 0.3) is 104 Å². The maximum atomic E-state index is 2.47. The fraction of sp³-hybridized carbons (Fsp3) is 0. The van der Waals surface area contributed by atoms with Crippen molar-refractivity contribution in [2.24, 2.45) is 0 Å². The molecule has 0 aliphatic carbocycles. The first-order chi connectivity index (χ1) is 33.8. The predicted octanol–water partition coefficient (Wildman–Crippen LogP) is 18.4. The minimum atomic E-state index is 1.07. The molecule has 0 amide bonds. The van der Waals surface area contributed by atoms with Gasteiger partial charge in [-0.3, -0.25) is 0 Å². The number of para-hydroxylation sites is 4. The maximum Gasteiger partial charge on any atom is 0.0541 e. The molecule has 0 radical (unpaired) electrons. The van der Waals surface area contributed by atoms with Gasteiger partial charge in [-0.15, -0.1) is 0 Å². The highest BCUT2D eigenvalue weighted by Crippen LogP contribution is 2.48. The normalized spacial score (nSPS) is 11.5. The van der Waals surface area contributed by atoms with E-state index < -0.39 is 0 Å². The summed E-state index contributed by atoms with van der Waals surface area (Å²) < 4.78 is 2.45. The molecule has 68 heavy (non-hydrogen) atoms. The lowest BCUT2D eigenvalue weighted by molar-refractivity contribution is 1.18. The minimum absolute atomic E-state index is 1.07. The lowest BCUT2D eigenvalue weighted by atomic mass is 9.92. The highest BCUT2D eigenvalue weighted by molar-refractivity contribution is 6.25. The summed E-state index contributed by atoms with van der Waals surface area (Å²) in [5, 5.41) is 10.1. The summed E-state index contributed by atoms with van der Waals surface area (Å²) in [6.45, 7) is 0. The molecule has 0 bridgehead atoms. The predicted molar refractivity (Wildman–Crippen MR) is 290 cm³/mol. The Balaban J connectivity index is 1.04. The zero-order valence-corrected chi connectivity index (χ0v) is 37.3. The molecule has 13 aromatic rings. The Morgan fingerprint density at radius 3 is 1.31 bits per heavy atom. The van der Waals surface area contributed by atoms with Crippen LogP contribution in [0.15, 0.2) is 267 Å². The molecule has 0 spiro atoms. The van der Waals surface area contributed by atoms with Gasteiger partial charge in [0.2, 0.25) is 0 Å². The Kier molecular flexibility index (Phi) is 9.54. The Labute approximate surface area is 395 Å². The number of aromatic nitrogens is 1. The van der Waals surface area contributed by atoms with Crippen molar-refractivity contribution in [1.82, 2.24) is 4.57 Å². The van der Waals surface area contributed by atoms with Crippen LogP contribution in [0.4, 0.5) is 17.1 Å². The van der Waals surface area contributed by atoms with Gasteiger partial charge in [-0.05, 0) is 115 Å². The summed E-state index contributed by atoms with van der Waals surface area (Å²) in [6.07, 6.45) is 0. The van der Waals surface area contributed by atoms with E-state index in [4.69, 9.17) is 0 Å². The van der Waals surface area contributed by atoms with Gasteiger partial charge in [0, 0.05) is 33.2 Å². The van der Waals surface area contributed by atoms with E-state index >= 15 is 0 Å². The molecule has 0 aliphatic heterocycles. The largest absolute Gasteiger partial charge is 0.309 e. The van der Waals surface area contributed by atoms with Crippen molar-refractivity contribution in [2.45, 2.75) is 0 Å². The molecule has 0 fully saturated rings. The monoisotopic (exact) mass is 864 g/mol. The van der Waals surface area contributed by atoms with Crippen molar-refractivity contribution >= 4 is 71.2 Å². The van der Waals surface area contributed by atoms with E-state index in [-0.39, 0.29) is 0 Å². The first kappa shape index (κ1) is 39.4. The molecule has 1 aromatic heterocycles. The van der Waals surface area contributed by atoms with Gasteiger partial charge >= 0.3 is 0 Å². The molecule has 0 N–H and O–H groups in total. The standard InChI is InChI=1S/C66H44N2/c1-3-19-45(20-4-1)49-38-42-66(61(44-49)59-30-14-18-34-65(59)68-63-32-16-12-28-57(63)58-29-13-17-33-64(58)68)67(62-31-15-11-23-51(62)47-21-5-2-6-22-47)50-39-35-46(36-40-50)48-37-41-56-54-26-8-7-24-52(54)53-25-9-10-27-55(53)60(56)43-48/h1-44H. The number of rotatable bonds is 8. The zero-order chi connectivity index (χ0) is 45.0. The SMILES string of the molecule is c1ccc(-c2ccc(N(c3ccc(-c4ccc5c6ccccc6c6ccccc6c5c4)cc3)c3ccccc3-c3ccccc3)c(-c3ccccc3-n3c4ccccc4c4ccccc43)c2)cc1. The van der Waals surface area contributed by atoms with Crippen LogP contribution < -0.4 is 4.90 Å². The van der Waals surface area contributed by atoms with E-state index in [1.807, 2.05) is 0 Å². The van der Waals surface area contributed by atoms with Gasteiger partial charge in [-0.1, -0.05) is 212 Å². The fourth-order valence-electron chi connectivity index (χ4n) is 10.7. The third-order valence-corrected chi connectivity index (χ3v) is 13.8. The Hall–Kier alpha value is -8.98. The molecular weight excluding hydrogens is 821 g/mol. The number of nitrogens with zero attached hydrogens (tertiary/aromatic N) is 2. The molecule has 0 aliphatic rings. The molecule has 12 aromatic carbocycles. The highest BCUT2D eigenvalue weighted by Gasteiger charge is 2.24. The topological polar surface area (TPSA) is 8.17 Å². The van der Waals surface area contributed by atoms with Gasteiger partial charge in [0.15, 0.2) is 0 Å².